The number of para-hydroxylation sites is 1. The van der Waals surface area contributed by atoms with Crippen LogP contribution in [0.15, 0.2) is 77.7 Å². The van der Waals surface area contributed by atoms with E-state index in [1.165, 1.54) is 12.1 Å². The van der Waals surface area contributed by atoms with E-state index in [4.69, 9.17) is 4.74 Å². The van der Waals surface area contributed by atoms with Crippen molar-refractivity contribution in [3.8, 4) is 22.6 Å². The summed E-state index contributed by atoms with van der Waals surface area (Å²) in [6.07, 6.45) is -3.00. The van der Waals surface area contributed by atoms with Crippen LogP contribution in [-0.2, 0) is 16.0 Å². The lowest BCUT2D eigenvalue weighted by atomic mass is 10.0. The standard InChI is InChI=1S/C22H17F3O3S/c23-22(24,25)16-7-9-17(10-8-16)28-21-4-2-1-3-20(21)15-5-11-18(12-6-15)29(26,27)19-13-14-19/h1-12,19H,13-14H2. The Morgan fingerprint density at radius 1 is 0.828 bits per heavy atom. The van der Waals surface area contributed by atoms with E-state index in [0.29, 0.717) is 29.1 Å². The molecule has 4 rings (SSSR count). The van der Waals surface area contributed by atoms with Crippen LogP contribution in [-0.4, -0.2) is 13.7 Å². The summed E-state index contributed by atoms with van der Waals surface area (Å²) in [5.41, 5.74) is 0.718. The zero-order valence-electron chi connectivity index (χ0n) is 15.2. The molecule has 0 amide bonds. The summed E-state index contributed by atoms with van der Waals surface area (Å²) in [5, 5.41) is -0.274. The van der Waals surface area contributed by atoms with Crippen molar-refractivity contribution in [2.75, 3.05) is 0 Å². The monoisotopic (exact) mass is 418 g/mol. The predicted octanol–water partition coefficient (Wildman–Crippen LogP) is 6.10. The quantitative estimate of drug-likeness (QED) is 0.503. The molecule has 1 saturated carbocycles. The number of rotatable bonds is 5. The van der Waals surface area contributed by atoms with Gasteiger partial charge in [0.1, 0.15) is 11.5 Å². The van der Waals surface area contributed by atoms with E-state index in [-0.39, 0.29) is 11.0 Å². The van der Waals surface area contributed by atoms with Crippen LogP contribution in [0.4, 0.5) is 13.2 Å². The predicted molar refractivity (Wildman–Crippen MR) is 104 cm³/mol. The molecule has 3 aromatic carbocycles. The molecule has 0 unspecified atom stereocenters. The molecule has 0 spiro atoms. The lowest BCUT2D eigenvalue weighted by Gasteiger charge is -2.13. The lowest BCUT2D eigenvalue weighted by Crippen LogP contribution is -2.06. The smallest absolute Gasteiger partial charge is 0.416 e. The van der Waals surface area contributed by atoms with Gasteiger partial charge in [-0.3, -0.25) is 0 Å². The second kappa shape index (κ2) is 7.22. The Morgan fingerprint density at radius 3 is 2.03 bits per heavy atom. The van der Waals surface area contributed by atoms with Gasteiger partial charge in [-0.1, -0.05) is 30.3 Å². The minimum atomic E-state index is -4.40. The molecule has 7 heteroatoms. The van der Waals surface area contributed by atoms with Crippen LogP contribution >= 0.6 is 0 Å². The fourth-order valence-corrected chi connectivity index (χ4v) is 4.69. The first kappa shape index (κ1) is 19.5. The van der Waals surface area contributed by atoms with E-state index >= 15 is 0 Å². The van der Waals surface area contributed by atoms with E-state index in [1.807, 2.05) is 12.1 Å². The van der Waals surface area contributed by atoms with Gasteiger partial charge in [-0.15, -0.1) is 0 Å². The maximum Gasteiger partial charge on any atom is 0.416 e. The summed E-state index contributed by atoms with van der Waals surface area (Å²) in [6.45, 7) is 0. The summed E-state index contributed by atoms with van der Waals surface area (Å²) >= 11 is 0. The van der Waals surface area contributed by atoms with Gasteiger partial charge in [0.2, 0.25) is 0 Å². The van der Waals surface area contributed by atoms with Crippen LogP contribution in [0, 0.1) is 0 Å². The van der Waals surface area contributed by atoms with Gasteiger partial charge in [-0.05, 0) is 60.9 Å². The highest BCUT2D eigenvalue weighted by Gasteiger charge is 2.36. The Morgan fingerprint density at radius 2 is 1.45 bits per heavy atom. The molecule has 3 aromatic rings. The van der Waals surface area contributed by atoms with Crippen molar-refractivity contribution in [3.05, 3.63) is 78.4 Å². The first-order valence-corrected chi connectivity index (χ1v) is 10.6. The van der Waals surface area contributed by atoms with E-state index in [0.717, 1.165) is 17.7 Å². The molecule has 0 N–H and O–H groups in total. The second-order valence-electron chi connectivity index (χ2n) is 6.89. The molecule has 1 aliphatic carbocycles. The minimum absolute atomic E-state index is 0.274. The molecule has 0 atom stereocenters. The third-order valence-corrected chi connectivity index (χ3v) is 7.03. The highest BCUT2D eigenvalue weighted by atomic mass is 32.2. The number of sulfone groups is 1. The molecular formula is C22H17F3O3S. The van der Waals surface area contributed by atoms with Crippen molar-refractivity contribution in [2.45, 2.75) is 29.2 Å². The highest BCUT2D eigenvalue weighted by molar-refractivity contribution is 7.92. The lowest BCUT2D eigenvalue weighted by molar-refractivity contribution is -0.137. The molecule has 1 fully saturated rings. The Labute approximate surface area is 166 Å². The van der Waals surface area contributed by atoms with E-state index in [9.17, 15) is 21.6 Å². The minimum Gasteiger partial charge on any atom is -0.457 e. The Balaban J connectivity index is 1.60. The van der Waals surface area contributed by atoms with Crippen molar-refractivity contribution in [2.24, 2.45) is 0 Å². The Hall–Kier alpha value is -2.80. The number of benzene rings is 3. The Kier molecular flexibility index (Phi) is 4.86. The number of halogens is 3. The number of ether oxygens (including phenoxy) is 1. The fraction of sp³-hybridized carbons (Fsp3) is 0.182. The van der Waals surface area contributed by atoms with Crippen LogP contribution < -0.4 is 4.74 Å². The summed E-state index contributed by atoms with van der Waals surface area (Å²) < 4.78 is 68.6. The maximum absolute atomic E-state index is 12.7. The zero-order chi connectivity index (χ0) is 20.6. The number of hydrogen-bond acceptors (Lipinski definition) is 3. The van der Waals surface area contributed by atoms with Crippen molar-refractivity contribution in [1.82, 2.24) is 0 Å². The molecule has 3 nitrogen and oxygen atoms in total. The van der Waals surface area contributed by atoms with E-state index in [1.54, 1.807) is 36.4 Å². The molecule has 0 saturated heterocycles. The third-order valence-electron chi connectivity index (χ3n) is 4.75. The second-order valence-corrected chi connectivity index (χ2v) is 9.12. The maximum atomic E-state index is 12.7. The highest BCUT2D eigenvalue weighted by Crippen LogP contribution is 2.37. The van der Waals surface area contributed by atoms with Gasteiger partial charge >= 0.3 is 6.18 Å². The Bertz CT molecular complexity index is 1120. The molecule has 0 bridgehead atoms. The van der Waals surface area contributed by atoms with Crippen LogP contribution in [0.1, 0.15) is 18.4 Å². The van der Waals surface area contributed by atoms with Crippen molar-refractivity contribution in [1.29, 1.82) is 0 Å². The largest absolute Gasteiger partial charge is 0.457 e. The van der Waals surface area contributed by atoms with Gasteiger partial charge < -0.3 is 4.74 Å². The average Bonchev–Trinajstić information content (AvgIpc) is 3.54. The normalized spacial score (nSPS) is 14.6. The van der Waals surface area contributed by atoms with E-state index < -0.39 is 21.6 Å². The topological polar surface area (TPSA) is 43.4 Å². The van der Waals surface area contributed by atoms with Crippen LogP contribution in [0.2, 0.25) is 0 Å². The van der Waals surface area contributed by atoms with Gasteiger partial charge in [0, 0.05) is 5.56 Å². The van der Waals surface area contributed by atoms with Crippen LogP contribution in [0.5, 0.6) is 11.5 Å². The first-order valence-electron chi connectivity index (χ1n) is 9.03. The summed E-state index contributed by atoms with van der Waals surface area (Å²) in [6, 6.07) is 18.1. The molecule has 0 radical (unpaired) electrons. The van der Waals surface area contributed by atoms with Gasteiger partial charge in [-0.25, -0.2) is 8.42 Å². The van der Waals surface area contributed by atoms with Crippen LogP contribution in [0.3, 0.4) is 0 Å². The third kappa shape index (κ3) is 4.15. The van der Waals surface area contributed by atoms with Gasteiger partial charge in [-0.2, -0.15) is 13.2 Å². The molecule has 0 heterocycles. The molecule has 0 aromatic heterocycles. The fourth-order valence-electron chi connectivity index (χ4n) is 3.03. The number of alkyl halides is 3. The van der Waals surface area contributed by atoms with Gasteiger partial charge in [0.25, 0.3) is 0 Å². The SMILES string of the molecule is O=S(=O)(c1ccc(-c2ccccc2Oc2ccc(C(F)(F)F)cc2)cc1)C1CC1. The van der Waals surface area contributed by atoms with Gasteiger partial charge in [0.05, 0.1) is 15.7 Å². The summed E-state index contributed by atoms with van der Waals surface area (Å²) in [7, 11) is -3.26. The summed E-state index contributed by atoms with van der Waals surface area (Å²) in [5.74, 6) is 0.739. The molecule has 150 valence electrons. The number of hydrogen-bond donors (Lipinski definition) is 0. The molecular weight excluding hydrogens is 401 g/mol. The van der Waals surface area contributed by atoms with Gasteiger partial charge in [0.15, 0.2) is 9.84 Å². The molecule has 0 aliphatic heterocycles. The molecule has 29 heavy (non-hydrogen) atoms. The van der Waals surface area contributed by atoms with E-state index in [2.05, 4.69) is 0 Å². The average molecular weight is 418 g/mol. The first-order chi connectivity index (χ1) is 13.7. The van der Waals surface area contributed by atoms with Crippen molar-refractivity contribution < 1.29 is 26.3 Å². The zero-order valence-corrected chi connectivity index (χ0v) is 16.0. The van der Waals surface area contributed by atoms with Crippen molar-refractivity contribution in [3.63, 3.8) is 0 Å². The summed E-state index contributed by atoms with van der Waals surface area (Å²) in [4.78, 5) is 0.296. The van der Waals surface area contributed by atoms with Crippen molar-refractivity contribution >= 4 is 9.84 Å². The van der Waals surface area contributed by atoms with Crippen LogP contribution in [0.25, 0.3) is 11.1 Å². The molecule has 1 aliphatic rings.